The number of nitrogens with one attached hydrogen (secondary N) is 6. The van der Waals surface area contributed by atoms with Crippen LogP contribution in [0.1, 0.15) is 159 Å². The molecule has 12 amide bonds. The molecule has 574 valence electrons. The first-order chi connectivity index (χ1) is 47.6. The number of hydrogen-bond acceptors (Lipinski definition) is 16. The molecule has 29 nitrogen and oxygen atoms in total. The van der Waals surface area contributed by atoms with Gasteiger partial charge in [-0.1, -0.05) is 96.9 Å². The molecule has 29 heteroatoms. The number of ether oxygens (including phenoxy) is 1. The Labute approximate surface area is 604 Å². The van der Waals surface area contributed by atoms with Gasteiger partial charge >= 0.3 is 0 Å². The number of hydrogen-bond donors (Lipinski definition) is 7. The fourth-order valence-corrected chi connectivity index (χ4v) is 13.2. The van der Waals surface area contributed by atoms with Crippen molar-refractivity contribution < 1.29 is 67.4 Å². The molecule has 0 bridgehead atoms. The first-order valence-electron chi connectivity index (χ1n) is 36.4. The van der Waals surface area contributed by atoms with Crippen LogP contribution in [0.4, 0.5) is 0 Å². The van der Waals surface area contributed by atoms with E-state index in [9.17, 15) is 43.5 Å². The molecule has 1 aromatic heterocycles. The van der Waals surface area contributed by atoms with Crippen molar-refractivity contribution in [3.05, 3.63) is 29.6 Å². The Bertz CT molecular complexity index is 3220. The molecule has 102 heavy (non-hydrogen) atoms. The van der Waals surface area contributed by atoms with Gasteiger partial charge in [-0.05, 0) is 106 Å². The van der Waals surface area contributed by atoms with Crippen molar-refractivity contribution in [1.82, 2.24) is 75.8 Å². The van der Waals surface area contributed by atoms with Crippen LogP contribution < -0.4 is 26.6 Å². The smallest absolute Gasteiger partial charge is 0.251 e. The Morgan fingerprint density at radius 3 is 1.58 bits per heavy atom. The van der Waals surface area contributed by atoms with Crippen LogP contribution in [0.3, 0.4) is 0 Å². The summed E-state index contributed by atoms with van der Waals surface area (Å²) < 4.78 is 5.44. The topological polar surface area (TPSA) is 349 Å². The minimum absolute atomic E-state index is 0.00435. The summed E-state index contributed by atoms with van der Waals surface area (Å²) in [6.07, 6.45) is -1.23. The summed E-state index contributed by atoms with van der Waals surface area (Å²) in [5, 5.41) is 26.7. The van der Waals surface area contributed by atoms with E-state index in [0.29, 0.717) is 48.7 Å². The highest BCUT2D eigenvalue weighted by Crippen LogP contribution is 2.27. The van der Waals surface area contributed by atoms with Gasteiger partial charge in [-0.15, -0.1) is 0 Å². The SMILES string of the molecule is CCC1NC(=O)C(C(O)C(C)Cc2nc3ccc(C(=O)NCCN4CCOCC4)cc3[nH]2)N(C)C(=O)C(C(C)C)N(C)C(=O)C(CC(C)C)N(C)C(=O)C(CC(C)C)N(C)C(=O)C(C)NC(=O)C(C)NC(=O)C(CC(C)C)N(C)C(=O)C(C(C)C)NC(=O)C(CC(C)C)N(C)C(=O)CN(C)C1=O. The molecular weight excluding hydrogens is 1310 g/mol. The number of morpholine rings is 1. The van der Waals surface area contributed by atoms with Gasteiger partial charge in [0.25, 0.3) is 5.91 Å². The van der Waals surface area contributed by atoms with Crippen molar-refractivity contribution >= 4 is 81.9 Å². The minimum Gasteiger partial charge on any atom is -0.390 e. The van der Waals surface area contributed by atoms with Crippen molar-refractivity contribution in [3.8, 4) is 0 Å². The highest BCUT2D eigenvalue weighted by atomic mass is 16.5. The van der Waals surface area contributed by atoms with E-state index < -0.39 is 156 Å². The Morgan fingerprint density at radius 1 is 0.559 bits per heavy atom. The third-order valence-corrected chi connectivity index (χ3v) is 19.5. The van der Waals surface area contributed by atoms with Gasteiger partial charge in [0.2, 0.25) is 65.0 Å². The van der Waals surface area contributed by atoms with Gasteiger partial charge in [-0.2, -0.15) is 0 Å². The highest BCUT2D eigenvalue weighted by molar-refractivity contribution is 6.00. The number of benzene rings is 1. The molecular formula is C73H123N15O14. The van der Waals surface area contributed by atoms with E-state index in [-0.39, 0.29) is 68.1 Å². The van der Waals surface area contributed by atoms with Crippen LogP contribution in [0.2, 0.25) is 0 Å². The molecule has 12 unspecified atom stereocenters. The average Bonchev–Trinajstić information content (AvgIpc) is 1.18. The number of imidazole rings is 1. The molecule has 0 radical (unpaired) electrons. The van der Waals surface area contributed by atoms with Crippen molar-refractivity contribution in [2.24, 2.45) is 41.4 Å². The minimum atomic E-state index is -1.77. The van der Waals surface area contributed by atoms with E-state index in [1.165, 1.54) is 87.7 Å². The number of fused-ring (bicyclic) bond motifs is 1. The van der Waals surface area contributed by atoms with Gasteiger partial charge in [-0.3, -0.25) is 62.4 Å². The number of aliphatic hydroxyl groups is 1. The van der Waals surface area contributed by atoms with Crippen LogP contribution in [-0.4, -0.2) is 287 Å². The zero-order chi connectivity index (χ0) is 77.2. The third kappa shape index (κ3) is 23.4. The molecule has 2 aliphatic rings. The second-order valence-electron chi connectivity index (χ2n) is 30.6. The van der Waals surface area contributed by atoms with Crippen molar-refractivity contribution in [3.63, 3.8) is 0 Å². The number of amides is 12. The lowest BCUT2D eigenvalue weighted by Gasteiger charge is -2.41. The fourth-order valence-electron chi connectivity index (χ4n) is 13.2. The third-order valence-electron chi connectivity index (χ3n) is 19.5. The summed E-state index contributed by atoms with van der Waals surface area (Å²) in [6, 6.07) is -7.88. The standard InChI is InChI=1S/C73H123N15O14/c1-24-50-69(97)81(17)39-58(89)82(18)53(33-40(2)3)66(94)80-59(44(10)11)72(100)83(19)54(34-41(4)5)65(93)75-47(15)63(91)76-48(16)68(96)84(20)55(35-42(6)7)70(98)85(21)56(36-43(8)9)71(99)86(22)60(45(12)13)73(101)87(23)61(67(95)79-50)62(90)46(14)37-57-77-51-26-25-49(38-52(51)78-57)64(92)74-27-28-88-29-31-102-32-30-88/h25-26,38,40-48,50,53-56,59-62,90H,24,27-37,39H2,1-23H3,(H,74,92)(H,75,93)(H,76,91)(H,77,78)(H,79,95)(H,80,94). The van der Waals surface area contributed by atoms with Crippen molar-refractivity contribution in [1.29, 1.82) is 0 Å². The average molecular weight is 1430 g/mol. The zero-order valence-corrected chi connectivity index (χ0v) is 65.1. The van der Waals surface area contributed by atoms with Crippen LogP contribution >= 0.6 is 0 Å². The summed E-state index contributed by atoms with van der Waals surface area (Å²) >= 11 is 0. The number of aliphatic hydroxyl groups excluding tert-OH is 1. The molecule has 1 aromatic carbocycles. The first-order valence-corrected chi connectivity index (χ1v) is 36.4. The monoisotopic (exact) mass is 1430 g/mol. The second-order valence-corrected chi connectivity index (χ2v) is 30.6. The number of carbonyl (C=O) groups excluding carboxylic acids is 12. The number of H-pyrrole nitrogens is 1. The second kappa shape index (κ2) is 39.2. The molecule has 0 aliphatic carbocycles. The van der Waals surface area contributed by atoms with E-state index >= 15 is 19.2 Å². The van der Waals surface area contributed by atoms with Gasteiger partial charge in [0.05, 0.1) is 36.9 Å². The Hall–Kier alpha value is -7.79. The van der Waals surface area contributed by atoms with E-state index in [0.717, 1.165) is 22.9 Å². The molecule has 2 saturated heterocycles. The Morgan fingerprint density at radius 2 is 1.05 bits per heavy atom. The highest BCUT2D eigenvalue weighted by Gasteiger charge is 2.46. The van der Waals surface area contributed by atoms with Gasteiger partial charge < -0.3 is 75.7 Å². The Kier molecular flexibility index (Phi) is 33.3. The van der Waals surface area contributed by atoms with E-state index in [4.69, 9.17) is 9.72 Å². The van der Waals surface area contributed by atoms with Crippen molar-refractivity contribution in [2.75, 3.05) is 95.3 Å². The lowest BCUT2D eigenvalue weighted by atomic mass is 9.91. The predicted octanol–water partition coefficient (Wildman–Crippen LogP) is 2.48. The first kappa shape index (κ1) is 86.6. The number of aromatic nitrogens is 2. The van der Waals surface area contributed by atoms with Crippen LogP contribution in [-0.2, 0) is 63.9 Å². The summed E-state index contributed by atoms with van der Waals surface area (Å²) in [4.78, 5) is 195. The number of rotatable bonds is 19. The van der Waals surface area contributed by atoms with Gasteiger partial charge in [0.15, 0.2) is 0 Å². The molecule has 2 fully saturated rings. The maximum Gasteiger partial charge on any atom is 0.251 e. The molecule has 4 rings (SSSR count). The Balaban J connectivity index is 1.88. The van der Waals surface area contributed by atoms with E-state index in [1.807, 2.05) is 55.4 Å². The van der Waals surface area contributed by atoms with E-state index in [1.54, 1.807) is 59.7 Å². The molecule has 3 heterocycles. The van der Waals surface area contributed by atoms with Crippen LogP contribution in [0.15, 0.2) is 18.2 Å². The van der Waals surface area contributed by atoms with Crippen LogP contribution in [0.5, 0.6) is 0 Å². The summed E-state index contributed by atoms with van der Waals surface area (Å²) in [5.74, 6) is -10.5. The fraction of sp³-hybridized carbons (Fsp3) is 0.740. The largest absolute Gasteiger partial charge is 0.390 e. The molecule has 0 spiro atoms. The predicted molar refractivity (Wildman–Crippen MR) is 388 cm³/mol. The van der Waals surface area contributed by atoms with Gasteiger partial charge in [0, 0.05) is 87.5 Å². The van der Waals surface area contributed by atoms with E-state index in [2.05, 4.69) is 36.5 Å². The maximum atomic E-state index is 15.6. The molecule has 2 aliphatic heterocycles. The molecule has 7 N–H and O–H groups in total. The molecule has 12 atom stereocenters. The van der Waals surface area contributed by atoms with Crippen LogP contribution in [0.25, 0.3) is 11.0 Å². The number of aromatic amines is 1. The lowest BCUT2D eigenvalue weighted by molar-refractivity contribution is -0.157. The summed E-state index contributed by atoms with van der Waals surface area (Å²) in [7, 11) is 9.82. The number of likely N-dealkylation sites (N-methyl/N-ethyl adjacent to an activating group) is 7. The van der Waals surface area contributed by atoms with Gasteiger partial charge in [-0.25, -0.2) is 4.98 Å². The quantitative estimate of drug-likeness (QED) is 0.106. The number of nitrogens with zero attached hydrogens (tertiary/aromatic N) is 9. The zero-order valence-electron chi connectivity index (χ0n) is 65.1. The normalized spacial score (nSPS) is 25.4. The summed E-state index contributed by atoms with van der Waals surface area (Å²) in [5.41, 5.74) is 1.43. The molecule has 0 saturated carbocycles. The summed E-state index contributed by atoms with van der Waals surface area (Å²) in [6.45, 7) is 31.2. The van der Waals surface area contributed by atoms with Crippen LogP contribution in [0, 0.1) is 41.4 Å². The lowest BCUT2D eigenvalue weighted by Crippen LogP contribution is -2.63. The van der Waals surface area contributed by atoms with Gasteiger partial charge in [0.1, 0.15) is 66.2 Å². The number of carbonyl (C=O) groups is 12. The maximum absolute atomic E-state index is 15.6. The molecule has 2 aromatic rings. The van der Waals surface area contributed by atoms with Crippen molar-refractivity contribution in [2.45, 2.75) is 216 Å².